The molecule has 0 amide bonds. The summed E-state index contributed by atoms with van der Waals surface area (Å²) >= 11 is 0. The standard InChI is InChI=1S/C25H28N6O2/c1-30-8-10-31(11-9-30)15-17-4-3-5-18(12-17)21-14-20-24(26-16-27-25(20)29-21)28-19-6-7-23(33-2)22(32)13-19/h3-7,12-14,16,32H,8-11,15H2,1-2H3,(H2,26,27,28,29). The van der Waals surface area contributed by atoms with E-state index in [4.69, 9.17) is 4.74 Å². The molecule has 5 rings (SSSR count). The van der Waals surface area contributed by atoms with Crippen LogP contribution in [-0.4, -0.2) is 70.2 Å². The number of nitrogens with one attached hydrogen (secondary N) is 2. The lowest BCUT2D eigenvalue weighted by Gasteiger charge is -2.32. The summed E-state index contributed by atoms with van der Waals surface area (Å²) in [6.45, 7) is 5.37. The highest BCUT2D eigenvalue weighted by Crippen LogP contribution is 2.32. The van der Waals surface area contributed by atoms with Crippen molar-refractivity contribution in [2.75, 3.05) is 45.7 Å². The first-order chi connectivity index (χ1) is 16.1. The lowest BCUT2D eigenvalue weighted by molar-refractivity contribution is 0.148. The maximum absolute atomic E-state index is 10.1. The van der Waals surface area contributed by atoms with Gasteiger partial charge in [0.25, 0.3) is 0 Å². The van der Waals surface area contributed by atoms with E-state index in [2.05, 4.69) is 67.4 Å². The molecule has 33 heavy (non-hydrogen) atoms. The molecule has 1 saturated heterocycles. The number of benzene rings is 2. The van der Waals surface area contributed by atoms with E-state index in [0.29, 0.717) is 17.3 Å². The summed E-state index contributed by atoms with van der Waals surface area (Å²) in [5.74, 6) is 1.16. The van der Waals surface area contributed by atoms with Crippen molar-refractivity contribution in [3.05, 3.63) is 60.4 Å². The number of likely N-dealkylation sites (N-methyl/N-ethyl adjacent to an activating group) is 1. The molecule has 2 aromatic carbocycles. The Hall–Kier alpha value is -3.62. The fraction of sp³-hybridized carbons (Fsp3) is 0.280. The summed E-state index contributed by atoms with van der Waals surface area (Å²) < 4.78 is 5.12. The summed E-state index contributed by atoms with van der Waals surface area (Å²) in [5.41, 5.74) is 4.88. The number of rotatable bonds is 6. The molecule has 1 fully saturated rings. The number of anilines is 2. The molecule has 4 aromatic rings. The van der Waals surface area contributed by atoms with Gasteiger partial charge in [0.1, 0.15) is 17.8 Å². The fourth-order valence-corrected chi connectivity index (χ4v) is 4.20. The van der Waals surface area contributed by atoms with Crippen molar-refractivity contribution in [2.24, 2.45) is 0 Å². The second kappa shape index (κ2) is 9.09. The van der Waals surface area contributed by atoms with Crippen LogP contribution in [0.15, 0.2) is 54.9 Å². The minimum absolute atomic E-state index is 0.0692. The molecule has 0 aliphatic carbocycles. The number of aromatic nitrogens is 3. The van der Waals surface area contributed by atoms with Gasteiger partial charge in [-0.15, -0.1) is 0 Å². The number of phenolic OH excluding ortho intramolecular Hbond substituents is 1. The van der Waals surface area contributed by atoms with Gasteiger partial charge in [-0.2, -0.15) is 0 Å². The molecule has 8 heteroatoms. The van der Waals surface area contributed by atoms with Gasteiger partial charge in [0.2, 0.25) is 0 Å². The van der Waals surface area contributed by atoms with Gasteiger partial charge in [0, 0.05) is 50.2 Å². The quantitative estimate of drug-likeness (QED) is 0.416. The van der Waals surface area contributed by atoms with Crippen molar-refractivity contribution >= 4 is 22.5 Å². The zero-order valence-corrected chi connectivity index (χ0v) is 18.9. The van der Waals surface area contributed by atoms with Crippen LogP contribution in [0.5, 0.6) is 11.5 Å². The van der Waals surface area contributed by atoms with Gasteiger partial charge in [-0.25, -0.2) is 9.97 Å². The van der Waals surface area contributed by atoms with E-state index in [0.717, 1.165) is 55.0 Å². The summed E-state index contributed by atoms with van der Waals surface area (Å²) in [5, 5.41) is 14.2. The predicted molar refractivity (Wildman–Crippen MR) is 130 cm³/mol. The maximum Gasteiger partial charge on any atom is 0.160 e. The van der Waals surface area contributed by atoms with Crippen molar-refractivity contribution in [3.63, 3.8) is 0 Å². The van der Waals surface area contributed by atoms with Crippen molar-refractivity contribution in [1.29, 1.82) is 0 Å². The van der Waals surface area contributed by atoms with E-state index in [1.807, 2.05) is 6.07 Å². The monoisotopic (exact) mass is 444 g/mol. The normalized spacial score (nSPS) is 15.1. The van der Waals surface area contributed by atoms with Crippen LogP contribution in [0.3, 0.4) is 0 Å². The number of hydrogen-bond donors (Lipinski definition) is 3. The molecule has 0 radical (unpaired) electrons. The van der Waals surface area contributed by atoms with Gasteiger partial charge < -0.3 is 25.0 Å². The zero-order valence-electron chi connectivity index (χ0n) is 18.9. The summed E-state index contributed by atoms with van der Waals surface area (Å²) in [6, 6.07) is 15.9. The molecule has 0 unspecified atom stereocenters. The summed E-state index contributed by atoms with van der Waals surface area (Å²) in [6.07, 6.45) is 1.53. The van der Waals surface area contributed by atoms with Gasteiger partial charge in [-0.1, -0.05) is 18.2 Å². The molecule has 8 nitrogen and oxygen atoms in total. The molecule has 170 valence electrons. The maximum atomic E-state index is 10.1. The molecule has 1 aliphatic heterocycles. The zero-order chi connectivity index (χ0) is 22.8. The van der Waals surface area contributed by atoms with Gasteiger partial charge in [0.05, 0.1) is 12.5 Å². The number of phenols is 1. The minimum Gasteiger partial charge on any atom is -0.504 e. The number of H-pyrrole nitrogens is 1. The number of aromatic amines is 1. The van der Waals surface area contributed by atoms with Crippen molar-refractivity contribution in [3.8, 4) is 22.8 Å². The molecule has 0 spiro atoms. The van der Waals surface area contributed by atoms with Crippen LogP contribution in [0.2, 0.25) is 0 Å². The largest absolute Gasteiger partial charge is 0.504 e. The molecule has 0 saturated carbocycles. The number of fused-ring (bicyclic) bond motifs is 1. The van der Waals surface area contributed by atoms with Crippen LogP contribution in [0.4, 0.5) is 11.5 Å². The van der Waals surface area contributed by atoms with Gasteiger partial charge in [-0.05, 0) is 42.4 Å². The lowest BCUT2D eigenvalue weighted by atomic mass is 10.1. The molecule has 2 aromatic heterocycles. The van der Waals surface area contributed by atoms with Crippen LogP contribution in [0, 0.1) is 0 Å². The SMILES string of the molecule is COc1ccc(Nc2ncnc3[nH]c(-c4cccc(CN5CCN(C)CC5)c4)cc23)cc1O. The highest BCUT2D eigenvalue weighted by atomic mass is 16.5. The van der Waals surface area contributed by atoms with Crippen LogP contribution in [-0.2, 0) is 6.54 Å². The molecular formula is C25H28N6O2. The van der Waals surface area contributed by atoms with E-state index in [1.54, 1.807) is 12.1 Å². The van der Waals surface area contributed by atoms with Crippen LogP contribution < -0.4 is 10.1 Å². The van der Waals surface area contributed by atoms with E-state index >= 15 is 0 Å². The Morgan fingerprint density at radius 1 is 1.06 bits per heavy atom. The average Bonchev–Trinajstić information content (AvgIpc) is 3.27. The van der Waals surface area contributed by atoms with Gasteiger partial charge in [0.15, 0.2) is 11.5 Å². The second-order valence-electron chi connectivity index (χ2n) is 8.46. The lowest BCUT2D eigenvalue weighted by Crippen LogP contribution is -2.43. The first kappa shape index (κ1) is 21.2. The van der Waals surface area contributed by atoms with Crippen molar-refractivity contribution in [1.82, 2.24) is 24.8 Å². The second-order valence-corrected chi connectivity index (χ2v) is 8.46. The molecular weight excluding hydrogens is 416 g/mol. The van der Waals surface area contributed by atoms with Crippen LogP contribution in [0.25, 0.3) is 22.3 Å². The Balaban J connectivity index is 1.39. The summed E-state index contributed by atoms with van der Waals surface area (Å²) in [4.78, 5) is 17.1. The molecule has 3 heterocycles. The smallest absolute Gasteiger partial charge is 0.160 e. The molecule has 0 bridgehead atoms. The Morgan fingerprint density at radius 3 is 2.70 bits per heavy atom. The van der Waals surface area contributed by atoms with E-state index < -0.39 is 0 Å². The van der Waals surface area contributed by atoms with Crippen molar-refractivity contribution < 1.29 is 9.84 Å². The van der Waals surface area contributed by atoms with Gasteiger partial charge >= 0.3 is 0 Å². The van der Waals surface area contributed by atoms with E-state index in [-0.39, 0.29) is 5.75 Å². The Labute approximate surface area is 192 Å². The van der Waals surface area contributed by atoms with Crippen LogP contribution >= 0.6 is 0 Å². The average molecular weight is 445 g/mol. The predicted octanol–water partition coefficient (Wildman–Crippen LogP) is 3.83. The number of aromatic hydroxyl groups is 1. The third-order valence-electron chi connectivity index (χ3n) is 6.11. The number of nitrogens with zero attached hydrogens (tertiary/aromatic N) is 4. The topological polar surface area (TPSA) is 89.5 Å². The Morgan fingerprint density at radius 2 is 1.91 bits per heavy atom. The highest BCUT2D eigenvalue weighted by molar-refractivity contribution is 5.93. The minimum atomic E-state index is 0.0692. The first-order valence-electron chi connectivity index (χ1n) is 11.1. The number of piperazine rings is 1. The van der Waals surface area contributed by atoms with Crippen molar-refractivity contribution in [2.45, 2.75) is 6.54 Å². The number of hydrogen-bond acceptors (Lipinski definition) is 7. The van der Waals surface area contributed by atoms with E-state index in [1.165, 1.54) is 19.0 Å². The summed E-state index contributed by atoms with van der Waals surface area (Å²) in [7, 11) is 3.70. The Kier molecular flexibility index (Phi) is 5.85. The molecule has 1 aliphatic rings. The number of methoxy groups -OCH3 is 1. The van der Waals surface area contributed by atoms with Gasteiger partial charge in [-0.3, -0.25) is 4.90 Å². The molecule has 3 N–H and O–H groups in total. The van der Waals surface area contributed by atoms with Crippen LogP contribution in [0.1, 0.15) is 5.56 Å². The highest BCUT2D eigenvalue weighted by Gasteiger charge is 2.15. The molecule has 0 atom stereocenters. The first-order valence-corrected chi connectivity index (χ1v) is 11.1. The Bertz CT molecular complexity index is 1260. The fourth-order valence-electron chi connectivity index (χ4n) is 4.20. The number of ether oxygens (including phenoxy) is 1. The third-order valence-corrected chi connectivity index (χ3v) is 6.11. The van der Waals surface area contributed by atoms with E-state index in [9.17, 15) is 5.11 Å². The third kappa shape index (κ3) is 4.62.